The maximum atomic E-state index is 11.8. The lowest BCUT2D eigenvalue weighted by atomic mass is 9.91. The average molecular weight is 240 g/mol. The number of carbonyl (C=O) groups excluding carboxylic acids is 1. The van der Waals surface area contributed by atoms with E-state index in [0.717, 1.165) is 0 Å². The van der Waals surface area contributed by atoms with E-state index in [1.54, 1.807) is 20.9 Å². The van der Waals surface area contributed by atoms with E-state index >= 15 is 0 Å². The van der Waals surface area contributed by atoms with E-state index in [1.807, 2.05) is 0 Å². The number of nitrogens with one attached hydrogen (secondary N) is 1. The molecule has 1 aromatic heterocycles. The van der Waals surface area contributed by atoms with Crippen LogP contribution >= 0.6 is 0 Å². The molecule has 0 aromatic carbocycles. The van der Waals surface area contributed by atoms with E-state index in [0.29, 0.717) is 5.82 Å². The molecule has 0 aliphatic heterocycles. The van der Waals surface area contributed by atoms with Crippen molar-refractivity contribution in [3.05, 3.63) is 12.2 Å². The number of rotatable bonds is 4. The second-order valence-corrected chi connectivity index (χ2v) is 4.13. The first kappa shape index (κ1) is 12.9. The molecule has 0 radical (unpaired) electrons. The quantitative estimate of drug-likeness (QED) is 0.275. The topological polar surface area (TPSA) is 118 Å². The summed E-state index contributed by atoms with van der Waals surface area (Å²) in [6.45, 7) is 3.31. The number of nitrogens with zero attached hydrogens (tertiary/aromatic N) is 4. The fourth-order valence-electron chi connectivity index (χ4n) is 1.09. The Hall–Kier alpha value is -2.12. The Balaban J connectivity index is 2.61. The Labute approximate surface area is 98.5 Å². The third-order valence-electron chi connectivity index (χ3n) is 2.37. The summed E-state index contributed by atoms with van der Waals surface area (Å²) in [4.78, 5) is 15.8. The lowest BCUT2D eigenvalue weighted by Crippen LogP contribution is -2.45. The van der Waals surface area contributed by atoms with Crippen LogP contribution in [0.2, 0.25) is 0 Å². The van der Waals surface area contributed by atoms with Gasteiger partial charge in [0.05, 0.1) is 6.54 Å². The van der Waals surface area contributed by atoms with Crippen molar-refractivity contribution >= 4 is 11.7 Å². The van der Waals surface area contributed by atoms with Gasteiger partial charge in [-0.2, -0.15) is 5.10 Å². The summed E-state index contributed by atoms with van der Waals surface area (Å²) in [5.74, 6) is -0.0135. The lowest BCUT2D eigenvalue weighted by Gasteiger charge is -2.21. The van der Waals surface area contributed by atoms with Crippen LogP contribution in [0.3, 0.4) is 0 Å². The number of amidine groups is 1. The molecular weight excluding hydrogens is 224 g/mol. The first-order valence-corrected chi connectivity index (χ1v) is 4.98. The molecule has 94 valence electrons. The average Bonchev–Trinajstić information content (AvgIpc) is 2.70. The minimum atomic E-state index is -1.08. The van der Waals surface area contributed by atoms with Crippen molar-refractivity contribution in [1.82, 2.24) is 20.1 Å². The van der Waals surface area contributed by atoms with Gasteiger partial charge in [0, 0.05) is 7.05 Å². The highest BCUT2D eigenvalue weighted by molar-refractivity contribution is 6.05. The zero-order valence-electron chi connectivity index (χ0n) is 10.0. The van der Waals surface area contributed by atoms with Gasteiger partial charge < -0.3 is 16.3 Å². The van der Waals surface area contributed by atoms with Crippen molar-refractivity contribution in [2.75, 3.05) is 0 Å². The largest absolute Gasteiger partial charge is 0.409 e. The smallest absolute Gasteiger partial charge is 0.233 e. The van der Waals surface area contributed by atoms with Gasteiger partial charge in [0.1, 0.15) is 11.7 Å². The summed E-state index contributed by atoms with van der Waals surface area (Å²) < 4.78 is 1.54. The first-order chi connectivity index (χ1) is 7.87. The van der Waals surface area contributed by atoms with E-state index in [2.05, 4.69) is 20.6 Å². The zero-order chi connectivity index (χ0) is 13.1. The predicted octanol–water partition coefficient (Wildman–Crippen LogP) is -0.796. The molecule has 0 atom stereocenters. The number of carbonyl (C=O) groups is 1. The van der Waals surface area contributed by atoms with Gasteiger partial charge in [0.2, 0.25) is 5.91 Å². The Bertz CT molecular complexity index is 436. The fourth-order valence-corrected chi connectivity index (χ4v) is 1.09. The molecule has 1 aromatic rings. The Morgan fingerprint density at radius 2 is 2.35 bits per heavy atom. The molecule has 1 amide bonds. The molecule has 0 bridgehead atoms. The summed E-state index contributed by atoms with van der Waals surface area (Å²) in [7, 11) is 1.73. The van der Waals surface area contributed by atoms with Gasteiger partial charge in [-0.15, -0.1) is 0 Å². The van der Waals surface area contributed by atoms with E-state index in [4.69, 9.17) is 10.9 Å². The van der Waals surface area contributed by atoms with Gasteiger partial charge >= 0.3 is 0 Å². The number of amides is 1. The molecule has 1 rings (SSSR count). The highest BCUT2D eigenvalue weighted by Gasteiger charge is 2.32. The predicted molar refractivity (Wildman–Crippen MR) is 60.0 cm³/mol. The maximum absolute atomic E-state index is 11.8. The molecule has 0 aliphatic rings. The SMILES string of the molecule is Cn1cnc(CNC(=O)C(C)(C)C(N)=NO)n1. The maximum Gasteiger partial charge on any atom is 0.233 e. The summed E-state index contributed by atoms with van der Waals surface area (Å²) in [6.07, 6.45) is 1.54. The van der Waals surface area contributed by atoms with Crippen LogP contribution < -0.4 is 11.1 Å². The fraction of sp³-hybridized carbons (Fsp3) is 0.556. The molecule has 0 spiro atoms. The summed E-state index contributed by atoms with van der Waals surface area (Å²) in [6, 6.07) is 0. The van der Waals surface area contributed by atoms with Crippen molar-refractivity contribution in [1.29, 1.82) is 0 Å². The van der Waals surface area contributed by atoms with E-state index in [-0.39, 0.29) is 18.3 Å². The van der Waals surface area contributed by atoms with Crippen LogP contribution in [-0.2, 0) is 18.4 Å². The Morgan fingerprint density at radius 1 is 1.71 bits per heavy atom. The lowest BCUT2D eigenvalue weighted by molar-refractivity contribution is -0.126. The monoisotopic (exact) mass is 240 g/mol. The third-order valence-corrected chi connectivity index (χ3v) is 2.37. The van der Waals surface area contributed by atoms with E-state index in [9.17, 15) is 4.79 Å². The molecule has 0 saturated carbocycles. The van der Waals surface area contributed by atoms with Gasteiger partial charge in [-0.3, -0.25) is 9.48 Å². The Kier molecular flexibility index (Phi) is 3.66. The Morgan fingerprint density at radius 3 is 2.82 bits per heavy atom. The van der Waals surface area contributed by atoms with Crippen LogP contribution in [-0.4, -0.2) is 31.7 Å². The standard InChI is InChI=1S/C9H16N6O2/c1-9(2,7(10)14-17)8(16)11-4-6-12-5-15(3)13-6/h5,17H,4H2,1-3H3,(H2,10,14)(H,11,16). The van der Waals surface area contributed by atoms with Crippen molar-refractivity contribution in [2.24, 2.45) is 23.4 Å². The molecule has 4 N–H and O–H groups in total. The van der Waals surface area contributed by atoms with E-state index in [1.165, 1.54) is 11.0 Å². The summed E-state index contributed by atoms with van der Waals surface area (Å²) in [5, 5.41) is 18.0. The van der Waals surface area contributed by atoms with Crippen LogP contribution in [0.5, 0.6) is 0 Å². The first-order valence-electron chi connectivity index (χ1n) is 4.98. The third kappa shape index (κ3) is 2.92. The van der Waals surface area contributed by atoms with Crippen LogP contribution in [0.15, 0.2) is 11.5 Å². The molecule has 0 unspecified atom stereocenters. The molecule has 0 saturated heterocycles. The highest BCUT2D eigenvalue weighted by Crippen LogP contribution is 2.15. The van der Waals surface area contributed by atoms with Crippen LogP contribution in [0.4, 0.5) is 0 Å². The molecule has 8 nitrogen and oxygen atoms in total. The van der Waals surface area contributed by atoms with Crippen molar-refractivity contribution in [3.8, 4) is 0 Å². The molecule has 1 heterocycles. The van der Waals surface area contributed by atoms with Crippen LogP contribution in [0.1, 0.15) is 19.7 Å². The van der Waals surface area contributed by atoms with Crippen molar-refractivity contribution in [2.45, 2.75) is 20.4 Å². The van der Waals surface area contributed by atoms with Gasteiger partial charge in [0.15, 0.2) is 11.7 Å². The number of oxime groups is 1. The number of aromatic nitrogens is 3. The van der Waals surface area contributed by atoms with Gasteiger partial charge in [0.25, 0.3) is 0 Å². The van der Waals surface area contributed by atoms with Crippen molar-refractivity contribution in [3.63, 3.8) is 0 Å². The number of hydrogen-bond acceptors (Lipinski definition) is 5. The number of nitrogens with two attached hydrogens (primary N) is 1. The van der Waals surface area contributed by atoms with Crippen LogP contribution in [0.25, 0.3) is 0 Å². The molecule has 17 heavy (non-hydrogen) atoms. The van der Waals surface area contributed by atoms with Crippen molar-refractivity contribution < 1.29 is 10.0 Å². The summed E-state index contributed by atoms with van der Waals surface area (Å²) in [5.41, 5.74) is 4.35. The minimum absolute atomic E-state index is 0.149. The van der Waals surface area contributed by atoms with Gasteiger partial charge in [-0.1, -0.05) is 5.16 Å². The zero-order valence-corrected chi connectivity index (χ0v) is 10.0. The van der Waals surface area contributed by atoms with Crippen LogP contribution in [0, 0.1) is 5.41 Å². The molecule has 8 heteroatoms. The van der Waals surface area contributed by atoms with E-state index < -0.39 is 5.41 Å². The molecular formula is C9H16N6O2. The molecule has 0 fully saturated rings. The summed E-state index contributed by atoms with van der Waals surface area (Å²) >= 11 is 0. The highest BCUT2D eigenvalue weighted by atomic mass is 16.4. The minimum Gasteiger partial charge on any atom is -0.409 e. The number of hydrogen-bond donors (Lipinski definition) is 3. The number of aryl methyl sites for hydroxylation is 1. The second-order valence-electron chi connectivity index (χ2n) is 4.13. The second kappa shape index (κ2) is 4.81. The molecule has 0 aliphatic carbocycles. The van der Waals surface area contributed by atoms with Gasteiger partial charge in [-0.25, -0.2) is 4.98 Å². The van der Waals surface area contributed by atoms with Gasteiger partial charge in [-0.05, 0) is 13.8 Å². The normalized spacial score (nSPS) is 12.5.